The van der Waals surface area contributed by atoms with Gasteiger partial charge in [-0.1, -0.05) is 27.2 Å². The van der Waals surface area contributed by atoms with Crippen LogP contribution in [0, 0.1) is 11.8 Å². The van der Waals surface area contributed by atoms with Gasteiger partial charge in [0.25, 0.3) is 0 Å². The van der Waals surface area contributed by atoms with Crippen molar-refractivity contribution in [3.63, 3.8) is 0 Å². The summed E-state index contributed by atoms with van der Waals surface area (Å²) < 4.78 is 0. The van der Waals surface area contributed by atoms with Crippen molar-refractivity contribution in [1.82, 2.24) is 4.90 Å². The van der Waals surface area contributed by atoms with E-state index in [0.717, 1.165) is 32.4 Å². The SMILES string of the molecule is CCC1CCN(CC(C)C)C(C(=O)O)C1. The highest BCUT2D eigenvalue weighted by Crippen LogP contribution is 2.26. The molecule has 15 heavy (non-hydrogen) atoms. The van der Waals surface area contributed by atoms with E-state index in [1.165, 1.54) is 0 Å². The van der Waals surface area contributed by atoms with Crippen LogP contribution in [0.3, 0.4) is 0 Å². The fourth-order valence-electron chi connectivity index (χ4n) is 2.40. The molecule has 1 aliphatic rings. The van der Waals surface area contributed by atoms with Gasteiger partial charge in [-0.05, 0) is 31.2 Å². The Morgan fingerprint density at radius 1 is 1.53 bits per heavy atom. The summed E-state index contributed by atoms with van der Waals surface area (Å²) in [5, 5.41) is 9.19. The van der Waals surface area contributed by atoms with Crippen LogP contribution in [0.2, 0.25) is 0 Å². The molecular formula is C12H23NO2. The van der Waals surface area contributed by atoms with Gasteiger partial charge in [-0.2, -0.15) is 0 Å². The fourth-order valence-corrected chi connectivity index (χ4v) is 2.40. The average Bonchev–Trinajstić information content (AvgIpc) is 2.17. The summed E-state index contributed by atoms with van der Waals surface area (Å²) in [6.45, 7) is 8.30. The number of hydrogen-bond acceptors (Lipinski definition) is 2. The second-order valence-corrected chi connectivity index (χ2v) is 5.04. The highest BCUT2D eigenvalue weighted by molar-refractivity contribution is 5.73. The van der Waals surface area contributed by atoms with E-state index < -0.39 is 5.97 Å². The van der Waals surface area contributed by atoms with Gasteiger partial charge in [-0.15, -0.1) is 0 Å². The predicted octanol–water partition coefficient (Wildman–Crippen LogP) is 2.22. The van der Waals surface area contributed by atoms with Crippen LogP contribution in [0.25, 0.3) is 0 Å². The molecule has 2 unspecified atom stereocenters. The number of hydrogen-bond donors (Lipinski definition) is 1. The Balaban J connectivity index is 2.59. The Morgan fingerprint density at radius 2 is 2.20 bits per heavy atom. The average molecular weight is 213 g/mol. The van der Waals surface area contributed by atoms with Gasteiger partial charge in [0.05, 0.1) is 0 Å². The van der Waals surface area contributed by atoms with Crippen LogP contribution >= 0.6 is 0 Å². The fraction of sp³-hybridized carbons (Fsp3) is 0.917. The minimum absolute atomic E-state index is 0.244. The maximum atomic E-state index is 11.2. The van der Waals surface area contributed by atoms with Crippen LogP contribution in [0.5, 0.6) is 0 Å². The molecule has 1 aliphatic heterocycles. The van der Waals surface area contributed by atoms with Gasteiger partial charge in [-0.3, -0.25) is 9.69 Å². The van der Waals surface area contributed by atoms with Crippen molar-refractivity contribution in [2.75, 3.05) is 13.1 Å². The summed E-state index contributed by atoms with van der Waals surface area (Å²) in [5.41, 5.74) is 0. The molecule has 0 spiro atoms. The molecule has 1 saturated heterocycles. The third-order valence-corrected chi connectivity index (χ3v) is 3.28. The molecule has 0 aliphatic carbocycles. The second-order valence-electron chi connectivity index (χ2n) is 5.04. The van der Waals surface area contributed by atoms with E-state index in [1.807, 2.05) is 0 Å². The first kappa shape index (κ1) is 12.5. The third-order valence-electron chi connectivity index (χ3n) is 3.28. The van der Waals surface area contributed by atoms with E-state index in [4.69, 9.17) is 0 Å². The number of nitrogens with zero attached hydrogens (tertiary/aromatic N) is 1. The Morgan fingerprint density at radius 3 is 2.67 bits per heavy atom. The number of rotatable bonds is 4. The highest BCUT2D eigenvalue weighted by Gasteiger charge is 2.32. The lowest BCUT2D eigenvalue weighted by atomic mass is 9.88. The summed E-state index contributed by atoms with van der Waals surface area (Å²) in [4.78, 5) is 13.3. The van der Waals surface area contributed by atoms with Crippen molar-refractivity contribution in [2.45, 2.75) is 46.1 Å². The summed E-state index contributed by atoms with van der Waals surface area (Å²) in [6.07, 6.45) is 3.10. The molecule has 1 heterocycles. The van der Waals surface area contributed by atoms with Crippen LogP contribution in [-0.2, 0) is 4.79 Å². The lowest BCUT2D eigenvalue weighted by molar-refractivity contribution is -0.145. The first-order chi connectivity index (χ1) is 7.04. The molecule has 3 heteroatoms. The van der Waals surface area contributed by atoms with E-state index in [0.29, 0.717) is 11.8 Å². The number of carboxylic acid groups (broad SMARTS) is 1. The van der Waals surface area contributed by atoms with Crippen LogP contribution < -0.4 is 0 Å². The molecule has 2 atom stereocenters. The van der Waals surface area contributed by atoms with E-state index in [1.54, 1.807) is 0 Å². The molecule has 1 N–H and O–H groups in total. The molecule has 0 aromatic carbocycles. The van der Waals surface area contributed by atoms with Crippen LogP contribution in [-0.4, -0.2) is 35.1 Å². The molecule has 0 radical (unpaired) electrons. The summed E-state index contributed by atoms with van der Waals surface area (Å²) in [5.74, 6) is 0.508. The summed E-state index contributed by atoms with van der Waals surface area (Å²) in [7, 11) is 0. The maximum Gasteiger partial charge on any atom is 0.320 e. The van der Waals surface area contributed by atoms with Gasteiger partial charge in [0, 0.05) is 6.54 Å². The van der Waals surface area contributed by atoms with Crippen molar-refractivity contribution < 1.29 is 9.90 Å². The van der Waals surface area contributed by atoms with Gasteiger partial charge in [0.1, 0.15) is 6.04 Å². The first-order valence-corrected chi connectivity index (χ1v) is 6.01. The summed E-state index contributed by atoms with van der Waals surface area (Å²) in [6, 6.07) is -0.244. The minimum Gasteiger partial charge on any atom is -0.480 e. The van der Waals surface area contributed by atoms with Crippen molar-refractivity contribution >= 4 is 5.97 Å². The van der Waals surface area contributed by atoms with E-state index in [9.17, 15) is 9.90 Å². The Labute approximate surface area is 92.5 Å². The van der Waals surface area contributed by atoms with Crippen LogP contribution in [0.1, 0.15) is 40.0 Å². The zero-order valence-corrected chi connectivity index (χ0v) is 10.1. The Hall–Kier alpha value is -0.570. The summed E-state index contributed by atoms with van der Waals surface area (Å²) >= 11 is 0. The number of aliphatic carboxylic acids is 1. The molecule has 0 amide bonds. The molecule has 88 valence electrons. The van der Waals surface area contributed by atoms with E-state index in [-0.39, 0.29) is 6.04 Å². The van der Waals surface area contributed by atoms with Crippen molar-refractivity contribution in [1.29, 1.82) is 0 Å². The maximum absolute atomic E-state index is 11.2. The van der Waals surface area contributed by atoms with Crippen molar-refractivity contribution in [3.05, 3.63) is 0 Å². The smallest absolute Gasteiger partial charge is 0.320 e. The van der Waals surface area contributed by atoms with E-state index in [2.05, 4.69) is 25.7 Å². The minimum atomic E-state index is -0.645. The molecule has 0 bridgehead atoms. The topological polar surface area (TPSA) is 40.5 Å². The van der Waals surface area contributed by atoms with E-state index >= 15 is 0 Å². The lowest BCUT2D eigenvalue weighted by Gasteiger charge is -2.37. The molecule has 1 fully saturated rings. The van der Waals surface area contributed by atoms with Gasteiger partial charge in [0.15, 0.2) is 0 Å². The number of carboxylic acids is 1. The van der Waals surface area contributed by atoms with Gasteiger partial charge < -0.3 is 5.11 Å². The zero-order valence-electron chi connectivity index (χ0n) is 10.1. The second kappa shape index (κ2) is 5.50. The Bertz CT molecular complexity index is 216. The predicted molar refractivity (Wildman–Crippen MR) is 60.8 cm³/mol. The first-order valence-electron chi connectivity index (χ1n) is 6.01. The monoisotopic (exact) mass is 213 g/mol. The molecule has 0 aromatic heterocycles. The normalized spacial score (nSPS) is 28.3. The van der Waals surface area contributed by atoms with Gasteiger partial charge in [-0.25, -0.2) is 0 Å². The standard InChI is InChI=1S/C12H23NO2/c1-4-10-5-6-13(8-9(2)3)11(7-10)12(14)15/h9-11H,4-8H2,1-3H3,(H,14,15). The third kappa shape index (κ3) is 3.49. The molecular weight excluding hydrogens is 190 g/mol. The highest BCUT2D eigenvalue weighted by atomic mass is 16.4. The molecule has 3 nitrogen and oxygen atoms in total. The quantitative estimate of drug-likeness (QED) is 0.778. The van der Waals surface area contributed by atoms with Crippen LogP contribution in [0.15, 0.2) is 0 Å². The van der Waals surface area contributed by atoms with Crippen molar-refractivity contribution in [3.8, 4) is 0 Å². The largest absolute Gasteiger partial charge is 0.480 e. The van der Waals surface area contributed by atoms with Crippen LogP contribution in [0.4, 0.5) is 0 Å². The molecule has 0 aromatic rings. The number of carbonyl (C=O) groups is 1. The zero-order chi connectivity index (χ0) is 11.4. The van der Waals surface area contributed by atoms with Gasteiger partial charge >= 0.3 is 5.97 Å². The number of piperidine rings is 1. The number of likely N-dealkylation sites (tertiary alicyclic amines) is 1. The molecule has 1 rings (SSSR count). The molecule has 0 saturated carbocycles. The van der Waals surface area contributed by atoms with Crippen molar-refractivity contribution in [2.24, 2.45) is 11.8 Å². The Kier molecular flexibility index (Phi) is 4.58. The lowest BCUT2D eigenvalue weighted by Crippen LogP contribution is -2.48. The van der Waals surface area contributed by atoms with Gasteiger partial charge in [0.2, 0.25) is 0 Å².